The summed E-state index contributed by atoms with van der Waals surface area (Å²) in [5.41, 5.74) is 1.14. The second kappa shape index (κ2) is 15.9. The van der Waals surface area contributed by atoms with Crippen LogP contribution in [0.4, 0.5) is 4.79 Å². The van der Waals surface area contributed by atoms with E-state index in [2.05, 4.69) is 20.3 Å². The summed E-state index contributed by atoms with van der Waals surface area (Å²) in [7, 11) is -3.91. The van der Waals surface area contributed by atoms with Gasteiger partial charge in [-0.15, -0.1) is 0 Å². The van der Waals surface area contributed by atoms with Crippen LogP contribution in [0.1, 0.15) is 83.5 Å². The van der Waals surface area contributed by atoms with Crippen molar-refractivity contribution < 1.29 is 37.1 Å². The number of fused-ring (bicyclic) bond motifs is 5. The highest BCUT2D eigenvalue weighted by molar-refractivity contribution is 7.91. The third kappa shape index (κ3) is 8.08. The number of sulfonamides is 1. The maximum Gasteiger partial charge on any atom is 0.408 e. The minimum atomic E-state index is -3.91. The summed E-state index contributed by atoms with van der Waals surface area (Å²) in [6.45, 7) is -0.0272. The Balaban J connectivity index is 1.05. The summed E-state index contributed by atoms with van der Waals surface area (Å²) >= 11 is 0. The van der Waals surface area contributed by atoms with E-state index in [4.69, 9.17) is 19.6 Å². The van der Waals surface area contributed by atoms with Crippen molar-refractivity contribution in [3.8, 4) is 17.1 Å². The molecule has 4 aromatic rings. The molecule has 4 fully saturated rings. The zero-order valence-electron chi connectivity index (χ0n) is 32.6. The van der Waals surface area contributed by atoms with Crippen LogP contribution in [0.25, 0.3) is 27.8 Å². The third-order valence-electron chi connectivity index (χ3n) is 12.2. The van der Waals surface area contributed by atoms with Crippen LogP contribution < -0.4 is 20.1 Å². The number of allylic oxidation sites excluding steroid dienone is 1. The van der Waals surface area contributed by atoms with E-state index in [1.54, 1.807) is 23.0 Å². The fourth-order valence-corrected chi connectivity index (χ4v) is 10.1. The number of hydrogen-bond acceptors (Lipinski definition) is 11. The first kappa shape index (κ1) is 38.9. The lowest BCUT2D eigenvalue weighted by molar-refractivity contribution is -0.141. The van der Waals surface area contributed by atoms with Gasteiger partial charge in [0.25, 0.3) is 5.91 Å². The van der Waals surface area contributed by atoms with Crippen molar-refractivity contribution in [2.45, 2.75) is 119 Å². The predicted octanol–water partition coefficient (Wildman–Crippen LogP) is 4.33. The van der Waals surface area contributed by atoms with E-state index in [-0.39, 0.29) is 25.5 Å². The quantitative estimate of drug-likeness (QED) is 0.214. The first-order valence-corrected chi connectivity index (χ1v) is 22.3. The molecule has 5 atom stereocenters. The van der Waals surface area contributed by atoms with Gasteiger partial charge in [-0.25, -0.2) is 18.2 Å². The molecule has 16 nitrogen and oxygen atoms in total. The Labute approximate surface area is 341 Å². The van der Waals surface area contributed by atoms with E-state index in [1.165, 1.54) is 4.90 Å². The molecule has 5 heterocycles. The van der Waals surface area contributed by atoms with Crippen molar-refractivity contribution in [1.82, 2.24) is 39.8 Å². The second-order valence-electron chi connectivity index (χ2n) is 16.5. The summed E-state index contributed by atoms with van der Waals surface area (Å²) < 4.78 is 42.2. The molecule has 0 unspecified atom stereocenters. The van der Waals surface area contributed by atoms with E-state index in [0.29, 0.717) is 54.8 Å². The molecule has 3 aromatic heterocycles. The third-order valence-corrected chi connectivity index (χ3v) is 14.0. The Bertz CT molecular complexity index is 2410. The van der Waals surface area contributed by atoms with Crippen LogP contribution in [-0.4, -0.2) is 98.3 Å². The van der Waals surface area contributed by atoms with Crippen LogP contribution in [0.2, 0.25) is 0 Å². The van der Waals surface area contributed by atoms with Crippen LogP contribution >= 0.6 is 0 Å². The van der Waals surface area contributed by atoms with Gasteiger partial charge in [0.1, 0.15) is 29.8 Å². The van der Waals surface area contributed by atoms with E-state index < -0.39 is 68.7 Å². The number of benzene rings is 1. The van der Waals surface area contributed by atoms with Gasteiger partial charge >= 0.3 is 6.09 Å². The molecule has 0 radical (unpaired) electrons. The van der Waals surface area contributed by atoms with Crippen molar-refractivity contribution in [2.24, 2.45) is 5.92 Å². The molecule has 4 amide bonds. The molecule has 2 aliphatic heterocycles. The molecule has 3 aliphatic carbocycles. The topological polar surface area (TPSA) is 203 Å². The molecular formula is C42H48N8O8S. The van der Waals surface area contributed by atoms with Gasteiger partial charge in [-0.3, -0.25) is 24.1 Å². The van der Waals surface area contributed by atoms with Gasteiger partial charge in [0, 0.05) is 41.7 Å². The molecule has 59 heavy (non-hydrogen) atoms. The lowest BCUT2D eigenvalue weighted by Gasteiger charge is -2.30. The van der Waals surface area contributed by atoms with Crippen LogP contribution in [0, 0.1) is 5.92 Å². The van der Waals surface area contributed by atoms with Crippen molar-refractivity contribution in [2.75, 3.05) is 6.54 Å². The standard InChI is InChI=1S/C42H48N8O8S/c51-38-35-22-29(57-36-23-34(26-18-20-43-21-19-26)44-37-31-13-8-9-14-32(31)47-50(36)37)25-49(35)39(52)33(45-41(54)58-28-11-6-7-12-28)15-5-3-1-2-4-10-27-24-42(27,46-38)40(53)48-59(55,56)30-16-17-30/h4,8-10,13-14,18-21,23,27-30,33,35H,1-3,5-7,11-12,15-17,22,24-25H2,(H,45,54)(H,46,51)(H,48,53)/b10-4-/t27-,29+,33-,35-,42+/m0/s1. The summed E-state index contributed by atoms with van der Waals surface area (Å²) in [6.07, 6.45) is 13.4. The molecule has 3 N–H and O–H groups in total. The van der Waals surface area contributed by atoms with Crippen LogP contribution in [0.15, 0.2) is 67.0 Å². The summed E-state index contributed by atoms with van der Waals surface area (Å²) in [4.78, 5) is 66.9. The van der Waals surface area contributed by atoms with Gasteiger partial charge in [-0.05, 0) is 88.5 Å². The van der Waals surface area contributed by atoms with Gasteiger partial charge in [-0.1, -0.05) is 37.1 Å². The van der Waals surface area contributed by atoms with E-state index >= 15 is 0 Å². The highest BCUT2D eigenvalue weighted by atomic mass is 32.2. The first-order valence-electron chi connectivity index (χ1n) is 20.8. The fourth-order valence-electron chi connectivity index (χ4n) is 8.71. The molecule has 1 saturated heterocycles. The Morgan fingerprint density at radius 2 is 1.71 bits per heavy atom. The molecule has 0 bridgehead atoms. The maximum atomic E-state index is 14.7. The van der Waals surface area contributed by atoms with Crippen molar-refractivity contribution >= 4 is 50.4 Å². The van der Waals surface area contributed by atoms with Gasteiger partial charge in [0.2, 0.25) is 27.7 Å². The van der Waals surface area contributed by atoms with Gasteiger partial charge in [-0.2, -0.15) is 9.61 Å². The molecular weight excluding hydrogens is 777 g/mol. The smallest absolute Gasteiger partial charge is 0.408 e. The monoisotopic (exact) mass is 824 g/mol. The largest absolute Gasteiger partial charge is 0.472 e. The Morgan fingerprint density at radius 3 is 2.51 bits per heavy atom. The number of amides is 4. The number of carbonyl (C=O) groups excluding carboxylic acids is 4. The SMILES string of the molecule is O=C(N[C@H]1CCCCC/C=C\[C@H]2C[C@@]2(C(=O)NS(=O)(=O)C2CC2)NC(=O)[C@@H]2C[C@@H](Oc3cc(-c4ccncc4)nc4c5ccccc5nn34)CN2C1=O)OC1CCCC1. The number of nitrogens with zero attached hydrogens (tertiary/aromatic N) is 5. The van der Waals surface area contributed by atoms with Crippen molar-refractivity contribution in [3.63, 3.8) is 0 Å². The molecule has 17 heteroatoms. The molecule has 1 aromatic carbocycles. The maximum absolute atomic E-state index is 14.7. The first-order chi connectivity index (χ1) is 28.6. The number of hydrogen-bond donors (Lipinski definition) is 3. The highest BCUT2D eigenvalue weighted by Gasteiger charge is 2.62. The average molecular weight is 825 g/mol. The number of pyridine rings is 1. The summed E-state index contributed by atoms with van der Waals surface area (Å²) in [6, 6.07) is 10.9. The summed E-state index contributed by atoms with van der Waals surface area (Å²) in [5, 5.41) is 10.7. The zero-order chi connectivity index (χ0) is 40.7. The number of alkyl carbamates (subject to hydrolysis) is 1. The van der Waals surface area contributed by atoms with Gasteiger partial charge < -0.3 is 25.0 Å². The predicted molar refractivity (Wildman–Crippen MR) is 215 cm³/mol. The molecule has 310 valence electrons. The number of rotatable bonds is 8. The number of ether oxygens (including phenoxy) is 2. The molecule has 5 aliphatic rings. The molecule has 0 spiro atoms. The zero-order valence-corrected chi connectivity index (χ0v) is 33.4. The number of aromatic nitrogens is 4. The minimum Gasteiger partial charge on any atom is -0.472 e. The Morgan fingerprint density at radius 1 is 0.932 bits per heavy atom. The lowest BCUT2D eigenvalue weighted by atomic mass is 10.0. The Kier molecular flexibility index (Phi) is 10.5. The number of carbonyl (C=O) groups is 4. The lowest BCUT2D eigenvalue weighted by Crippen LogP contribution is -2.58. The van der Waals surface area contributed by atoms with Gasteiger partial charge in [0.15, 0.2) is 5.65 Å². The minimum absolute atomic E-state index is 0.0272. The Hall–Kier alpha value is -5.58. The average Bonchev–Trinajstić information content (AvgIpc) is 4.04. The van der Waals surface area contributed by atoms with Gasteiger partial charge in [0.05, 0.1) is 23.0 Å². The van der Waals surface area contributed by atoms with Crippen LogP contribution in [0.5, 0.6) is 5.88 Å². The second-order valence-corrected chi connectivity index (χ2v) is 18.4. The van der Waals surface area contributed by atoms with E-state index in [9.17, 15) is 27.6 Å². The van der Waals surface area contributed by atoms with Crippen LogP contribution in [0.3, 0.4) is 0 Å². The van der Waals surface area contributed by atoms with Crippen molar-refractivity contribution in [3.05, 3.63) is 67.0 Å². The highest BCUT2D eigenvalue weighted by Crippen LogP contribution is 2.46. The number of nitrogens with one attached hydrogen (secondary N) is 3. The van der Waals surface area contributed by atoms with Crippen LogP contribution in [-0.2, 0) is 29.1 Å². The fraction of sp³-hybridized carbons (Fsp3) is 0.500. The van der Waals surface area contributed by atoms with E-state index in [0.717, 1.165) is 49.5 Å². The molecule has 9 rings (SSSR count). The van der Waals surface area contributed by atoms with E-state index in [1.807, 2.05) is 48.6 Å². The van der Waals surface area contributed by atoms with Crippen molar-refractivity contribution in [1.29, 1.82) is 0 Å². The normalized spacial score (nSPS) is 27.2. The summed E-state index contributed by atoms with van der Waals surface area (Å²) in [5.74, 6) is -1.99. The molecule has 3 saturated carbocycles.